The van der Waals surface area contributed by atoms with Crippen LogP contribution >= 0.6 is 11.3 Å². The molecule has 10 nitrogen and oxygen atoms in total. The number of para-hydroxylation sites is 2. The molecular formula is C85H65Ir5N6O4S-5. The van der Waals surface area contributed by atoms with Crippen molar-refractivity contribution < 1.29 is 120 Å². The summed E-state index contributed by atoms with van der Waals surface area (Å²) in [7, 11) is 0. The maximum atomic E-state index is 10.0. The van der Waals surface area contributed by atoms with Gasteiger partial charge in [-0.15, -0.1) is 161 Å². The number of pyridine rings is 4. The molecule has 16 rings (SSSR count). The Morgan fingerprint density at radius 2 is 0.881 bits per heavy atom. The first-order valence-electron chi connectivity index (χ1n) is 30.8. The van der Waals surface area contributed by atoms with E-state index in [0.717, 1.165) is 82.9 Å². The van der Waals surface area contributed by atoms with E-state index in [4.69, 9.17) is 10.2 Å². The van der Waals surface area contributed by atoms with Gasteiger partial charge in [0.05, 0.1) is 33.8 Å². The molecule has 515 valence electrons. The van der Waals surface area contributed by atoms with Gasteiger partial charge in [-0.2, -0.15) is 0 Å². The third kappa shape index (κ3) is 23.8. The number of hydrogen-bond donors (Lipinski definition) is 2. The van der Waals surface area contributed by atoms with E-state index in [2.05, 4.69) is 139 Å². The molecule has 0 aliphatic carbocycles. The Bertz CT molecular complexity index is 5110. The van der Waals surface area contributed by atoms with Gasteiger partial charge in [0.15, 0.2) is 11.6 Å². The summed E-state index contributed by atoms with van der Waals surface area (Å²) in [6.45, 7) is 7.67. The minimum Gasteiger partial charge on any atom is -0.512 e. The van der Waals surface area contributed by atoms with E-state index in [1.165, 1.54) is 82.3 Å². The summed E-state index contributed by atoms with van der Waals surface area (Å²) >= 11 is 1.73. The summed E-state index contributed by atoms with van der Waals surface area (Å²) in [6, 6.07) is 103. The second kappa shape index (κ2) is 42.4. The topological polar surface area (TPSA) is 152 Å². The van der Waals surface area contributed by atoms with Gasteiger partial charge in [-0.3, -0.25) is 24.5 Å². The van der Waals surface area contributed by atoms with E-state index in [-0.39, 0.29) is 124 Å². The maximum Gasteiger partial charge on any atom is 0.155 e. The zero-order valence-corrected chi connectivity index (χ0v) is 68.0. The van der Waals surface area contributed by atoms with Crippen molar-refractivity contribution in [2.75, 3.05) is 0 Å². The molecule has 2 N–H and O–H groups in total. The van der Waals surface area contributed by atoms with Crippen molar-refractivity contribution in [2.24, 2.45) is 0 Å². The fourth-order valence-electron chi connectivity index (χ4n) is 10.2. The molecule has 0 amide bonds. The minimum absolute atomic E-state index is 0. The second-order valence-electron chi connectivity index (χ2n) is 21.8. The smallest absolute Gasteiger partial charge is 0.155 e. The van der Waals surface area contributed by atoms with E-state index in [9.17, 15) is 9.59 Å². The number of aromatic nitrogens is 6. The molecule has 0 fully saturated rings. The van der Waals surface area contributed by atoms with E-state index in [1.54, 1.807) is 11.3 Å². The predicted octanol–water partition coefficient (Wildman–Crippen LogP) is 21.0. The zero-order chi connectivity index (χ0) is 67.0. The molecule has 10 aromatic carbocycles. The predicted molar refractivity (Wildman–Crippen MR) is 394 cm³/mol. The van der Waals surface area contributed by atoms with Crippen molar-refractivity contribution in [2.45, 2.75) is 34.6 Å². The number of aliphatic hydroxyl groups is 2. The van der Waals surface area contributed by atoms with Gasteiger partial charge in [-0.1, -0.05) is 144 Å². The fraction of sp³-hybridized carbons (Fsp3) is 0.0588. The number of fused-ring (bicyclic) bond motifs is 10. The first-order chi connectivity index (χ1) is 46.8. The number of aliphatic hydroxyl groups excluding tert-OH is 2. The molecule has 0 aliphatic heterocycles. The molecular weight excluding hydrogens is 2160 g/mol. The number of hydrogen-bond acceptors (Lipinski definition) is 11. The van der Waals surface area contributed by atoms with Crippen LogP contribution in [-0.2, 0) is 110 Å². The number of aryl methyl sites for hydroxylation is 1. The van der Waals surface area contributed by atoms with Crippen LogP contribution in [0.5, 0.6) is 0 Å². The summed E-state index contributed by atoms with van der Waals surface area (Å²) < 4.78 is 1.26. The Hall–Kier alpha value is -8.93. The third-order valence-electron chi connectivity index (χ3n) is 14.3. The molecule has 16 heteroatoms. The Kier molecular flexibility index (Phi) is 34.7. The van der Waals surface area contributed by atoms with Crippen LogP contribution in [0.25, 0.3) is 120 Å². The van der Waals surface area contributed by atoms with Crippen LogP contribution in [0.4, 0.5) is 0 Å². The fourth-order valence-corrected chi connectivity index (χ4v) is 11.1. The Labute approximate surface area is 660 Å². The number of allylic oxidation sites excluding steroid dienone is 4. The van der Waals surface area contributed by atoms with Crippen molar-refractivity contribution in [3.63, 3.8) is 0 Å². The number of carbonyl (C=O) groups excluding carboxylic acids is 2. The molecule has 0 atom stereocenters. The molecule has 0 saturated heterocycles. The number of nitrogens with zero attached hydrogens (tertiary/aromatic N) is 6. The van der Waals surface area contributed by atoms with Gasteiger partial charge in [0.25, 0.3) is 0 Å². The average molecular weight is 2230 g/mol. The Morgan fingerprint density at radius 3 is 1.41 bits per heavy atom. The largest absolute Gasteiger partial charge is 0.512 e. The quantitative estimate of drug-likeness (QED) is 0.0712. The summed E-state index contributed by atoms with van der Waals surface area (Å²) in [5.74, 6) is -0.125. The first kappa shape index (κ1) is 82.7. The van der Waals surface area contributed by atoms with Crippen LogP contribution in [-0.4, -0.2) is 51.7 Å². The van der Waals surface area contributed by atoms with E-state index in [0.29, 0.717) is 0 Å². The van der Waals surface area contributed by atoms with E-state index in [1.807, 2.05) is 208 Å². The van der Waals surface area contributed by atoms with Crippen molar-refractivity contribution in [1.82, 2.24) is 29.9 Å². The van der Waals surface area contributed by atoms with Crippen LogP contribution in [0.3, 0.4) is 0 Å². The molecule has 6 aromatic heterocycles. The van der Waals surface area contributed by atoms with Gasteiger partial charge in [0.2, 0.25) is 0 Å². The van der Waals surface area contributed by atoms with E-state index >= 15 is 0 Å². The van der Waals surface area contributed by atoms with Crippen LogP contribution < -0.4 is 0 Å². The maximum absolute atomic E-state index is 10.0. The average Bonchev–Trinajstić information content (AvgIpc) is 1.15. The number of ketones is 2. The van der Waals surface area contributed by atoms with Crippen LogP contribution in [0.15, 0.2) is 303 Å². The SMILES string of the molecule is CC(=O)C=C(C)O.CC(=O)C=C(C)O.Cc1cnc2c3[c-]cccc3c3ccccc3c2n1.[Ir].[Ir].[Ir].[Ir].[Ir].[c-]1c(-c2ccccn2)sc2ccccc12.[c-]1ccccc1-c1ccc2ccccc2n1.[c-]1ccccc1-c1ccc2ccccc2n1.[c-]1ccccc1-c1nccc2ccccc12. The molecule has 0 unspecified atom stereocenters. The monoisotopic (exact) mass is 2230 g/mol. The standard InChI is InChI=1S/C17H11N2.3C15H10N.C13H8NS.2C5H8O2.5Ir/c1-11-10-18-16-14-8-4-2-6-12(14)13-7-3-5-9-15(13)17(16)19-11;1-2-7-13(8-3-1)15-14-9-5-4-6-12(14)10-11-16-15;2*1-2-6-12(7-3-1)15-11-10-13-8-4-5-9-14(13)16-15;1-2-7-12-10(5-1)9-13(15-12)11-6-3-4-8-14-11;2*1-4(6)3-5(2)7;;;;;/h2-7,9-10H,1H3;1-7,9-11H;2*1-6,8-11H;1-8H;2*3,6H,1-2H3;;;;;/q5*-1;;;;;;;. The van der Waals surface area contributed by atoms with Crippen molar-refractivity contribution in [3.8, 4) is 44.3 Å². The minimum atomic E-state index is -0.125. The van der Waals surface area contributed by atoms with Crippen LogP contribution in [0, 0.1) is 37.3 Å². The normalized spacial score (nSPS) is 10.3. The molecule has 0 aliphatic rings. The number of rotatable bonds is 6. The zero-order valence-electron chi connectivity index (χ0n) is 55.2. The molecule has 5 radical (unpaired) electrons. The Morgan fingerprint density at radius 1 is 0.396 bits per heavy atom. The van der Waals surface area contributed by atoms with Gasteiger partial charge in [-0.05, 0) is 112 Å². The number of carbonyl (C=O) groups is 2. The number of thiophene rings is 1. The van der Waals surface area contributed by atoms with E-state index < -0.39 is 0 Å². The first-order valence-corrected chi connectivity index (χ1v) is 31.7. The van der Waals surface area contributed by atoms with Crippen molar-refractivity contribution in [1.29, 1.82) is 0 Å². The molecule has 6 heterocycles. The molecule has 0 saturated carbocycles. The van der Waals surface area contributed by atoms with Crippen molar-refractivity contribution >= 4 is 98.1 Å². The van der Waals surface area contributed by atoms with Crippen LogP contribution in [0.2, 0.25) is 0 Å². The molecule has 101 heavy (non-hydrogen) atoms. The van der Waals surface area contributed by atoms with Crippen LogP contribution in [0.1, 0.15) is 33.4 Å². The molecule has 0 bridgehead atoms. The Balaban J connectivity index is 0.000000215. The van der Waals surface area contributed by atoms with Gasteiger partial charge in [0, 0.05) is 142 Å². The van der Waals surface area contributed by atoms with Gasteiger partial charge < -0.3 is 25.2 Å². The van der Waals surface area contributed by atoms with Gasteiger partial charge >= 0.3 is 0 Å². The molecule has 0 spiro atoms. The summed E-state index contributed by atoms with van der Waals surface area (Å²) in [5.41, 5.74) is 11.9. The summed E-state index contributed by atoms with van der Waals surface area (Å²) in [6.07, 6.45) is 7.81. The second-order valence-corrected chi connectivity index (χ2v) is 22.8. The summed E-state index contributed by atoms with van der Waals surface area (Å²) in [4.78, 5) is 48.4. The van der Waals surface area contributed by atoms with Gasteiger partial charge in [0.1, 0.15) is 0 Å². The van der Waals surface area contributed by atoms with Gasteiger partial charge in [-0.25, -0.2) is 11.3 Å². The summed E-state index contributed by atoms with van der Waals surface area (Å²) in [5, 5.41) is 27.2. The number of benzene rings is 10. The third-order valence-corrected chi connectivity index (χ3v) is 15.4. The molecule has 16 aromatic rings. The van der Waals surface area contributed by atoms with Crippen molar-refractivity contribution in [3.05, 3.63) is 339 Å².